The molecule has 0 fully saturated rings. The summed E-state index contributed by atoms with van der Waals surface area (Å²) in [6, 6.07) is 22.6. The summed E-state index contributed by atoms with van der Waals surface area (Å²) >= 11 is 1.31. The third-order valence-corrected chi connectivity index (χ3v) is 11.4. The molecule has 0 amide bonds. The van der Waals surface area contributed by atoms with Crippen molar-refractivity contribution in [3.05, 3.63) is 77.7 Å². The van der Waals surface area contributed by atoms with Gasteiger partial charge >= 0.3 is 11.9 Å². The van der Waals surface area contributed by atoms with Gasteiger partial charge in [0.25, 0.3) is 0 Å². The number of hydrogen-bond acceptors (Lipinski definition) is 8. The van der Waals surface area contributed by atoms with Crippen LogP contribution in [0.3, 0.4) is 0 Å². The second kappa shape index (κ2) is 23.8. The first-order chi connectivity index (χ1) is 27.4. The standard InChI is InChI=1S/C48H62O7S/c1-4-6-8-10-12-14-15-17-18-20-32-51-36(3)47(49)54-41-30-31-42-43(34-41)55-44-35-45(56-46(42)44)48(50)53-40-28-24-38(25-29-40)37-22-26-39(27-23-37)52-33-21-19-16-13-11-9-7-5-2/h22-31,34-36H,4-21,32-33H2,1-3H3. The van der Waals surface area contributed by atoms with Crippen LogP contribution in [0.4, 0.5) is 0 Å². The van der Waals surface area contributed by atoms with Crippen LogP contribution in [0.15, 0.2) is 77.2 Å². The van der Waals surface area contributed by atoms with Crippen molar-refractivity contribution in [3.8, 4) is 28.4 Å². The molecule has 1 atom stereocenters. The van der Waals surface area contributed by atoms with Crippen molar-refractivity contribution in [2.45, 2.75) is 142 Å². The van der Waals surface area contributed by atoms with Crippen LogP contribution in [0, 0.1) is 0 Å². The van der Waals surface area contributed by atoms with E-state index in [9.17, 15) is 9.59 Å². The predicted octanol–water partition coefficient (Wildman–Crippen LogP) is 14.3. The number of benzene rings is 3. The van der Waals surface area contributed by atoms with E-state index in [1.165, 1.54) is 108 Å². The molecule has 8 heteroatoms. The van der Waals surface area contributed by atoms with Crippen LogP contribution in [-0.2, 0) is 9.53 Å². The van der Waals surface area contributed by atoms with Crippen molar-refractivity contribution < 1.29 is 33.0 Å². The first-order valence-corrected chi connectivity index (χ1v) is 22.1. The molecule has 2 heterocycles. The maximum Gasteiger partial charge on any atom is 0.353 e. The van der Waals surface area contributed by atoms with Crippen molar-refractivity contribution in [1.82, 2.24) is 0 Å². The Morgan fingerprint density at radius 2 is 1.09 bits per heavy atom. The van der Waals surface area contributed by atoms with Gasteiger partial charge in [0, 0.05) is 24.1 Å². The van der Waals surface area contributed by atoms with Gasteiger partial charge in [0.2, 0.25) is 0 Å². The number of fused-ring (bicyclic) bond motifs is 3. The molecule has 0 N–H and O–H groups in total. The SMILES string of the molecule is CCCCCCCCCCCCOC(C)C(=O)Oc1ccc2c(c1)oc1cc(C(=O)Oc3ccc(-c4ccc(OCCCCCCCCCC)cc4)cc3)sc12. The van der Waals surface area contributed by atoms with E-state index >= 15 is 0 Å². The Morgan fingerprint density at radius 1 is 0.571 bits per heavy atom. The number of hydrogen-bond donors (Lipinski definition) is 0. The third-order valence-electron chi connectivity index (χ3n) is 10.3. The van der Waals surface area contributed by atoms with E-state index in [4.69, 9.17) is 23.4 Å². The maximum absolute atomic E-state index is 13.1. The number of esters is 2. The zero-order chi connectivity index (χ0) is 39.4. The van der Waals surface area contributed by atoms with Crippen molar-refractivity contribution in [1.29, 1.82) is 0 Å². The lowest BCUT2D eigenvalue weighted by Crippen LogP contribution is -2.26. The van der Waals surface area contributed by atoms with Gasteiger partial charge in [0.05, 0.1) is 11.3 Å². The highest BCUT2D eigenvalue weighted by Crippen LogP contribution is 2.37. The van der Waals surface area contributed by atoms with Crippen LogP contribution in [0.5, 0.6) is 17.2 Å². The Labute approximate surface area is 338 Å². The zero-order valence-corrected chi connectivity index (χ0v) is 34.7. The highest BCUT2D eigenvalue weighted by molar-refractivity contribution is 7.21. The minimum atomic E-state index is -0.658. The Morgan fingerprint density at radius 3 is 1.68 bits per heavy atom. The van der Waals surface area contributed by atoms with Gasteiger partial charge in [-0.15, -0.1) is 11.3 Å². The number of carbonyl (C=O) groups is 2. The molecule has 1 unspecified atom stereocenters. The minimum absolute atomic E-state index is 0.389. The first kappa shape index (κ1) is 43.0. The summed E-state index contributed by atoms with van der Waals surface area (Å²) in [6.45, 7) is 7.51. The number of ether oxygens (including phenoxy) is 4. The molecule has 0 saturated carbocycles. The van der Waals surface area contributed by atoms with Crippen LogP contribution >= 0.6 is 11.3 Å². The summed E-state index contributed by atoms with van der Waals surface area (Å²) < 4.78 is 29.9. The van der Waals surface area contributed by atoms with Crippen LogP contribution < -0.4 is 14.2 Å². The summed E-state index contributed by atoms with van der Waals surface area (Å²) in [6.07, 6.45) is 22.1. The molecule has 0 aliphatic rings. The smallest absolute Gasteiger partial charge is 0.353 e. The summed E-state index contributed by atoms with van der Waals surface area (Å²) in [4.78, 5) is 26.3. The number of unbranched alkanes of at least 4 members (excludes halogenated alkanes) is 16. The molecule has 302 valence electrons. The van der Waals surface area contributed by atoms with E-state index in [2.05, 4.69) is 26.0 Å². The monoisotopic (exact) mass is 782 g/mol. The average Bonchev–Trinajstić information content (AvgIpc) is 3.78. The largest absolute Gasteiger partial charge is 0.494 e. The second-order valence-electron chi connectivity index (χ2n) is 14.9. The van der Waals surface area contributed by atoms with Crippen molar-refractivity contribution in [3.63, 3.8) is 0 Å². The molecule has 5 rings (SSSR count). The molecule has 56 heavy (non-hydrogen) atoms. The highest BCUT2D eigenvalue weighted by atomic mass is 32.1. The maximum atomic E-state index is 13.1. The number of rotatable bonds is 27. The summed E-state index contributed by atoms with van der Waals surface area (Å²) in [5.74, 6) is 0.852. The number of furan rings is 1. The number of thiophene rings is 1. The van der Waals surface area contributed by atoms with Crippen LogP contribution in [0.2, 0.25) is 0 Å². The average molecular weight is 783 g/mol. The van der Waals surface area contributed by atoms with Gasteiger partial charge in [-0.25, -0.2) is 9.59 Å². The molecule has 2 aromatic heterocycles. The molecule has 0 spiro atoms. The second-order valence-corrected chi connectivity index (χ2v) is 16.0. The molecule has 7 nitrogen and oxygen atoms in total. The van der Waals surface area contributed by atoms with E-state index in [1.807, 2.05) is 30.3 Å². The van der Waals surface area contributed by atoms with Gasteiger partial charge in [-0.1, -0.05) is 141 Å². The normalized spacial score (nSPS) is 12.0. The molecular formula is C48H62O7S. The minimum Gasteiger partial charge on any atom is -0.494 e. The Balaban J connectivity index is 1.02. The Bertz CT molecular complexity index is 1890. The van der Waals surface area contributed by atoms with Crippen LogP contribution in [-0.4, -0.2) is 31.3 Å². The van der Waals surface area contributed by atoms with E-state index in [0.29, 0.717) is 34.1 Å². The fraction of sp³-hybridized carbons (Fsp3) is 0.500. The van der Waals surface area contributed by atoms with E-state index in [-0.39, 0.29) is 0 Å². The molecule has 5 aromatic rings. The van der Waals surface area contributed by atoms with E-state index in [0.717, 1.165) is 52.8 Å². The molecule has 0 aliphatic carbocycles. The lowest BCUT2D eigenvalue weighted by Gasteiger charge is -2.12. The van der Waals surface area contributed by atoms with Gasteiger partial charge < -0.3 is 23.4 Å². The van der Waals surface area contributed by atoms with Crippen molar-refractivity contribution in [2.24, 2.45) is 0 Å². The molecule has 3 aromatic carbocycles. The fourth-order valence-corrected chi connectivity index (χ4v) is 7.84. The van der Waals surface area contributed by atoms with Gasteiger partial charge in [0.1, 0.15) is 33.3 Å². The molecular weight excluding hydrogens is 721 g/mol. The predicted molar refractivity (Wildman–Crippen MR) is 229 cm³/mol. The molecule has 0 bridgehead atoms. The lowest BCUT2D eigenvalue weighted by molar-refractivity contribution is -0.146. The quantitative estimate of drug-likeness (QED) is 0.0298. The summed E-state index contributed by atoms with van der Waals surface area (Å²) in [7, 11) is 0. The van der Waals surface area contributed by atoms with Gasteiger partial charge in [-0.2, -0.15) is 0 Å². The lowest BCUT2D eigenvalue weighted by atomic mass is 10.1. The van der Waals surface area contributed by atoms with Crippen LogP contribution in [0.25, 0.3) is 32.4 Å². The fourth-order valence-electron chi connectivity index (χ4n) is 6.85. The van der Waals surface area contributed by atoms with Crippen LogP contribution in [0.1, 0.15) is 146 Å². The van der Waals surface area contributed by atoms with Crippen molar-refractivity contribution >= 4 is 44.5 Å². The Kier molecular flexibility index (Phi) is 18.3. The first-order valence-electron chi connectivity index (χ1n) is 21.3. The topological polar surface area (TPSA) is 84.2 Å². The van der Waals surface area contributed by atoms with Gasteiger partial charge in [-0.05, 0) is 67.3 Å². The summed E-state index contributed by atoms with van der Waals surface area (Å²) in [5.41, 5.74) is 3.24. The number of carbonyl (C=O) groups excluding carboxylic acids is 2. The van der Waals surface area contributed by atoms with Crippen molar-refractivity contribution in [2.75, 3.05) is 13.2 Å². The zero-order valence-electron chi connectivity index (χ0n) is 33.9. The third kappa shape index (κ3) is 13.8. The van der Waals surface area contributed by atoms with Gasteiger partial charge in [0.15, 0.2) is 6.10 Å². The Hall–Kier alpha value is -4.14. The highest BCUT2D eigenvalue weighted by Gasteiger charge is 2.20. The molecule has 0 radical (unpaired) electrons. The van der Waals surface area contributed by atoms with E-state index in [1.54, 1.807) is 37.3 Å². The molecule has 0 aliphatic heterocycles. The summed E-state index contributed by atoms with van der Waals surface area (Å²) in [5, 5.41) is 0.836. The van der Waals surface area contributed by atoms with E-state index < -0.39 is 18.0 Å². The van der Waals surface area contributed by atoms with Gasteiger partial charge in [-0.3, -0.25) is 0 Å². The molecule has 0 saturated heterocycles.